The zero-order valence-electron chi connectivity index (χ0n) is 14.2. The Bertz CT molecular complexity index is 792. The van der Waals surface area contributed by atoms with E-state index < -0.39 is 0 Å². The lowest BCUT2D eigenvalue weighted by Gasteiger charge is -2.18. The Kier molecular flexibility index (Phi) is 5.12. The van der Waals surface area contributed by atoms with Crippen LogP contribution >= 0.6 is 54.5 Å². The predicted molar refractivity (Wildman–Crippen MR) is 117 cm³/mol. The first kappa shape index (κ1) is 17.5. The topological polar surface area (TPSA) is 0 Å². The summed E-state index contributed by atoms with van der Waals surface area (Å²) in [6.07, 6.45) is 10.4. The Balaban J connectivity index is 1.85. The SMILES string of the molecule is CC1=C(c2sc3c(Br)c(C4=C(C)CCCC4)sc3c2Br)CCCC1. The number of hydrogen-bond acceptors (Lipinski definition) is 2. The lowest BCUT2D eigenvalue weighted by Crippen LogP contribution is -1.96. The van der Waals surface area contributed by atoms with Gasteiger partial charge in [-0.15, -0.1) is 22.7 Å². The summed E-state index contributed by atoms with van der Waals surface area (Å²) in [6, 6.07) is 0. The minimum Gasteiger partial charge on any atom is -0.132 e. The highest BCUT2D eigenvalue weighted by Gasteiger charge is 2.24. The molecule has 2 aliphatic carbocycles. The molecule has 0 fully saturated rings. The second kappa shape index (κ2) is 7.02. The van der Waals surface area contributed by atoms with Crippen LogP contribution in [0.4, 0.5) is 0 Å². The predicted octanol–water partition coefficient (Wildman–Crippen LogP) is 9.18. The van der Waals surface area contributed by atoms with Gasteiger partial charge in [0.25, 0.3) is 0 Å². The van der Waals surface area contributed by atoms with Gasteiger partial charge in [-0.1, -0.05) is 11.1 Å². The maximum atomic E-state index is 3.95. The van der Waals surface area contributed by atoms with E-state index in [2.05, 4.69) is 45.7 Å². The van der Waals surface area contributed by atoms with Gasteiger partial charge in [0.1, 0.15) is 0 Å². The zero-order chi connectivity index (χ0) is 16.8. The van der Waals surface area contributed by atoms with Crippen molar-refractivity contribution in [2.45, 2.75) is 65.2 Å². The Labute approximate surface area is 169 Å². The minimum atomic E-state index is 1.24. The molecule has 128 valence electrons. The van der Waals surface area contributed by atoms with Crippen LogP contribution in [0.1, 0.15) is 75.0 Å². The first-order valence-electron chi connectivity index (χ1n) is 8.86. The summed E-state index contributed by atoms with van der Waals surface area (Å²) in [7, 11) is 0. The molecule has 0 unspecified atom stereocenters. The van der Waals surface area contributed by atoms with Gasteiger partial charge in [0.05, 0.1) is 18.3 Å². The average molecular weight is 486 g/mol. The lowest BCUT2D eigenvalue weighted by molar-refractivity contribution is 0.715. The number of thiophene rings is 2. The summed E-state index contributed by atoms with van der Waals surface area (Å²) < 4.78 is 5.55. The van der Waals surface area contributed by atoms with Crippen molar-refractivity contribution in [3.63, 3.8) is 0 Å². The van der Waals surface area contributed by atoms with Crippen molar-refractivity contribution in [1.29, 1.82) is 0 Å². The molecule has 2 aromatic heterocycles. The second-order valence-electron chi connectivity index (χ2n) is 7.08. The molecule has 0 radical (unpaired) electrons. The van der Waals surface area contributed by atoms with Crippen molar-refractivity contribution < 1.29 is 0 Å². The summed E-state index contributed by atoms with van der Waals surface area (Å²) in [4.78, 5) is 2.96. The van der Waals surface area contributed by atoms with E-state index in [9.17, 15) is 0 Å². The van der Waals surface area contributed by atoms with Crippen molar-refractivity contribution in [2.75, 3.05) is 0 Å². The Morgan fingerprint density at radius 1 is 0.625 bits per heavy atom. The minimum absolute atomic E-state index is 1.24. The lowest BCUT2D eigenvalue weighted by atomic mass is 9.92. The Morgan fingerprint density at radius 3 is 1.38 bits per heavy atom. The summed E-state index contributed by atoms with van der Waals surface area (Å²) in [5.41, 5.74) is 6.39. The molecule has 0 nitrogen and oxygen atoms in total. The fourth-order valence-electron chi connectivity index (χ4n) is 4.00. The van der Waals surface area contributed by atoms with Crippen LogP contribution < -0.4 is 0 Å². The average Bonchev–Trinajstić information content (AvgIpc) is 3.06. The highest BCUT2D eigenvalue weighted by atomic mass is 79.9. The maximum absolute atomic E-state index is 3.95. The van der Waals surface area contributed by atoms with Crippen LogP contribution in [-0.2, 0) is 0 Å². The van der Waals surface area contributed by atoms with Gasteiger partial charge in [0, 0.05) is 9.75 Å². The van der Waals surface area contributed by atoms with Crippen LogP contribution in [0.15, 0.2) is 20.1 Å². The van der Waals surface area contributed by atoms with Gasteiger partial charge in [0.2, 0.25) is 0 Å². The molecule has 0 spiro atoms. The summed E-state index contributed by atoms with van der Waals surface area (Å²) in [6.45, 7) is 4.65. The molecule has 0 amide bonds. The number of allylic oxidation sites excluding steroid dienone is 4. The molecular formula is C20H22Br2S2. The monoisotopic (exact) mass is 484 g/mol. The fraction of sp³-hybridized carbons (Fsp3) is 0.500. The van der Waals surface area contributed by atoms with Crippen molar-refractivity contribution in [2.24, 2.45) is 0 Å². The maximum Gasteiger partial charge on any atom is 0.0617 e. The van der Waals surface area contributed by atoms with Crippen molar-refractivity contribution in [3.05, 3.63) is 29.8 Å². The summed E-state index contributed by atoms with van der Waals surface area (Å²) >= 11 is 11.9. The highest BCUT2D eigenvalue weighted by Crippen LogP contribution is 2.53. The Morgan fingerprint density at radius 2 is 1.00 bits per heavy atom. The second-order valence-corrected chi connectivity index (χ2v) is 10.7. The quantitative estimate of drug-likeness (QED) is 0.397. The molecule has 0 bridgehead atoms. The fourth-order valence-corrected chi connectivity index (χ4v) is 8.85. The third-order valence-electron chi connectivity index (χ3n) is 5.45. The molecule has 0 N–H and O–H groups in total. The molecule has 24 heavy (non-hydrogen) atoms. The molecule has 0 saturated heterocycles. The van der Waals surface area contributed by atoms with Crippen molar-refractivity contribution >= 4 is 75.1 Å². The number of rotatable bonds is 2. The van der Waals surface area contributed by atoms with E-state index in [1.165, 1.54) is 79.5 Å². The van der Waals surface area contributed by atoms with Crippen LogP contribution in [0.2, 0.25) is 0 Å². The number of halogens is 2. The highest BCUT2D eigenvalue weighted by molar-refractivity contribution is 9.11. The van der Waals surface area contributed by atoms with E-state index in [0.717, 1.165) is 0 Å². The number of hydrogen-bond donors (Lipinski definition) is 0. The smallest absolute Gasteiger partial charge is 0.0617 e. The molecule has 0 saturated carbocycles. The van der Waals surface area contributed by atoms with E-state index >= 15 is 0 Å². The molecule has 4 heteroatoms. The molecule has 0 aromatic carbocycles. The van der Waals surface area contributed by atoms with E-state index in [1.54, 1.807) is 22.3 Å². The molecule has 4 rings (SSSR count). The standard InChI is InChI=1S/C20H22Br2S2/c1-11-7-3-5-9-13(11)17-15(21)19-20(23-17)16(22)18(24-19)14-10-6-4-8-12(14)2/h3-10H2,1-2H3. The van der Waals surface area contributed by atoms with E-state index in [-0.39, 0.29) is 0 Å². The van der Waals surface area contributed by atoms with Crippen LogP contribution in [0.3, 0.4) is 0 Å². The van der Waals surface area contributed by atoms with Crippen LogP contribution in [0.5, 0.6) is 0 Å². The van der Waals surface area contributed by atoms with Crippen LogP contribution in [-0.4, -0.2) is 0 Å². The first-order chi connectivity index (χ1) is 11.6. The number of fused-ring (bicyclic) bond motifs is 1. The zero-order valence-corrected chi connectivity index (χ0v) is 19.0. The van der Waals surface area contributed by atoms with E-state index in [0.29, 0.717) is 0 Å². The largest absolute Gasteiger partial charge is 0.132 e. The molecule has 2 aliphatic rings. The van der Waals surface area contributed by atoms with E-state index in [4.69, 9.17) is 0 Å². The van der Waals surface area contributed by atoms with Crippen LogP contribution in [0, 0.1) is 0 Å². The third kappa shape index (κ3) is 2.91. The van der Waals surface area contributed by atoms with Crippen LogP contribution in [0.25, 0.3) is 20.5 Å². The normalized spacial score (nSPS) is 19.7. The molecular weight excluding hydrogens is 464 g/mol. The molecule has 2 aromatic rings. The first-order valence-corrected chi connectivity index (χ1v) is 12.1. The Hall–Kier alpha value is 0.1000. The molecule has 2 heterocycles. The van der Waals surface area contributed by atoms with Gasteiger partial charge in [0.15, 0.2) is 0 Å². The van der Waals surface area contributed by atoms with Crippen molar-refractivity contribution in [3.8, 4) is 0 Å². The summed E-state index contributed by atoms with van der Waals surface area (Å²) in [5, 5.41) is 0. The van der Waals surface area contributed by atoms with Gasteiger partial charge < -0.3 is 0 Å². The van der Waals surface area contributed by atoms with E-state index in [1.807, 2.05) is 22.7 Å². The van der Waals surface area contributed by atoms with Gasteiger partial charge in [-0.3, -0.25) is 0 Å². The van der Waals surface area contributed by atoms with Gasteiger partial charge in [-0.25, -0.2) is 0 Å². The van der Waals surface area contributed by atoms with Gasteiger partial charge in [-0.2, -0.15) is 0 Å². The van der Waals surface area contributed by atoms with Gasteiger partial charge in [-0.05, 0) is 108 Å². The van der Waals surface area contributed by atoms with Crippen molar-refractivity contribution in [1.82, 2.24) is 0 Å². The summed E-state index contributed by atoms with van der Waals surface area (Å²) in [5.74, 6) is 0. The van der Waals surface area contributed by atoms with Gasteiger partial charge >= 0.3 is 0 Å². The molecule has 0 aliphatic heterocycles. The third-order valence-corrected chi connectivity index (χ3v) is 10.7. The molecule has 0 atom stereocenters.